The van der Waals surface area contributed by atoms with Crippen LogP contribution in [0.1, 0.15) is 39.5 Å². The Hall–Kier alpha value is -0.0400. The Kier molecular flexibility index (Phi) is 2.40. The largest absolute Gasteiger partial charge is 0.313 e. The molecule has 2 aliphatic rings. The van der Waals surface area contributed by atoms with E-state index in [9.17, 15) is 0 Å². The Morgan fingerprint density at radius 1 is 1.08 bits per heavy atom. The molecule has 0 aromatic heterocycles. The lowest BCUT2D eigenvalue weighted by Gasteiger charge is -2.43. The van der Waals surface area contributed by atoms with E-state index < -0.39 is 0 Å². The third kappa shape index (κ3) is 1.39. The van der Waals surface area contributed by atoms with Crippen molar-refractivity contribution in [3.8, 4) is 0 Å². The Labute approximate surface area is 75.9 Å². The van der Waals surface area contributed by atoms with E-state index >= 15 is 0 Å². The molecule has 4 unspecified atom stereocenters. The van der Waals surface area contributed by atoms with E-state index in [0.717, 1.165) is 23.8 Å². The zero-order chi connectivity index (χ0) is 8.55. The maximum Gasteiger partial charge on any atom is 0.0123 e. The summed E-state index contributed by atoms with van der Waals surface area (Å²) in [6.45, 7) is 6.11. The lowest BCUT2D eigenvalue weighted by molar-refractivity contribution is 0.112. The molecular formula is C11H21N. The Morgan fingerprint density at radius 2 is 1.92 bits per heavy atom. The summed E-state index contributed by atoms with van der Waals surface area (Å²) in [5, 5.41) is 3.70. The number of piperidine rings is 1. The fourth-order valence-electron chi connectivity index (χ4n) is 3.01. The van der Waals surface area contributed by atoms with Gasteiger partial charge in [-0.3, -0.25) is 0 Å². The molecule has 1 saturated carbocycles. The standard InChI is InChI=1S/C11H21N/c1-8-5-6-10-4-3-7-12-11(10)9(8)2/h8-12H,3-7H2,1-2H3. The van der Waals surface area contributed by atoms with Crippen LogP contribution in [-0.2, 0) is 0 Å². The summed E-state index contributed by atoms with van der Waals surface area (Å²) < 4.78 is 0. The van der Waals surface area contributed by atoms with E-state index in [2.05, 4.69) is 19.2 Å². The summed E-state index contributed by atoms with van der Waals surface area (Å²) in [7, 11) is 0. The van der Waals surface area contributed by atoms with E-state index in [4.69, 9.17) is 0 Å². The molecule has 2 rings (SSSR count). The van der Waals surface area contributed by atoms with Crippen LogP contribution in [-0.4, -0.2) is 12.6 Å². The van der Waals surface area contributed by atoms with Gasteiger partial charge in [0.15, 0.2) is 0 Å². The first-order chi connectivity index (χ1) is 5.79. The number of rotatable bonds is 0. The minimum atomic E-state index is 0.850. The van der Waals surface area contributed by atoms with Crippen LogP contribution in [0.5, 0.6) is 0 Å². The molecule has 1 heteroatoms. The molecule has 1 nitrogen and oxygen atoms in total. The van der Waals surface area contributed by atoms with Crippen molar-refractivity contribution in [3.05, 3.63) is 0 Å². The summed E-state index contributed by atoms with van der Waals surface area (Å²) in [6.07, 6.45) is 5.82. The van der Waals surface area contributed by atoms with Crippen LogP contribution < -0.4 is 5.32 Å². The molecule has 2 fully saturated rings. The van der Waals surface area contributed by atoms with Crippen molar-refractivity contribution in [1.29, 1.82) is 0 Å². The SMILES string of the molecule is CC1CCC2CCCNC2C1C. The quantitative estimate of drug-likeness (QED) is 0.584. The molecule has 1 heterocycles. The third-order valence-electron chi connectivity index (χ3n) is 4.10. The van der Waals surface area contributed by atoms with E-state index in [-0.39, 0.29) is 0 Å². The highest BCUT2D eigenvalue weighted by Crippen LogP contribution is 2.37. The number of nitrogens with one attached hydrogen (secondary N) is 1. The van der Waals surface area contributed by atoms with Gasteiger partial charge in [-0.1, -0.05) is 20.3 Å². The lowest BCUT2D eigenvalue weighted by Crippen LogP contribution is -2.49. The van der Waals surface area contributed by atoms with Gasteiger partial charge in [0.2, 0.25) is 0 Å². The summed E-state index contributed by atoms with van der Waals surface area (Å²) in [5.41, 5.74) is 0. The van der Waals surface area contributed by atoms with Crippen molar-refractivity contribution >= 4 is 0 Å². The Balaban J connectivity index is 2.03. The topological polar surface area (TPSA) is 12.0 Å². The van der Waals surface area contributed by atoms with Crippen molar-refractivity contribution in [2.45, 2.75) is 45.6 Å². The average Bonchev–Trinajstić information content (AvgIpc) is 2.12. The maximum absolute atomic E-state index is 3.70. The highest BCUT2D eigenvalue weighted by atomic mass is 14.9. The molecule has 0 amide bonds. The molecule has 1 aliphatic heterocycles. The van der Waals surface area contributed by atoms with Gasteiger partial charge in [0, 0.05) is 6.04 Å². The van der Waals surface area contributed by atoms with Gasteiger partial charge in [-0.05, 0) is 43.6 Å². The molecule has 1 N–H and O–H groups in total. The summed E-state index contributed by atoms with van der Waals surface area (Å²) in [4.78, 5) is 0. The van der Waals surface area contributed by atoms with Crippen LogP contribution in [0.15, 0.2) is 0 Å². The molecule has 0 radical (unpaired) electrons. The molecule has 0 bridgehead atoms. The zero-order valence-electron chi connectivity index (χ0n) is 8.34. The summed E-state index contributed by atoms with van der Waals surface area (Å²) in [5.74, 6) is 2.85. The summed E-state index contributed by atoms with van der Waals surface area (Å²) in [6, 6.07) is 0.850. The van der Waals surface area contributed by atoms with Crippen molar-refractivity contribution in [2.75, 3.05) is 6.54 Å². The molecular weight excluding hydrogens is 146 g/mol. The average molecular weight is 167 g/mol. The van der Waals surface area contributed by atoms with Gasteiger partial charge in [0.05, 0.1) is 0 Å². The Morgan fingerprint density at radius 3 is 2.75 bits per heavy atom. The van der Waals surface area contributed by atoms with Crippen LogP contribution in [0.4, 0.5) is 0 Å². The number of fused-ring (bicyclic) bond motifs is 1. The Bertz CT molecular complexity index is 153. The van der Waals surface area contributed by atoms with Crippen molar-refractivity contribution in [3.63, 3.8) is 0 Å². The minimum absolute atomic E-state index is 0.850. The summed E-state index contributed by atoms with van der Waals surface area (Å²) >= 11 is 0. The molecule has 12 heavy (non-hydrogen) atoms. The van der Waals surface area contributed by atoms with Crippen LogP contribution in [0, 0.1) is 17.8 Å². The van der Waals surface area contributed by atoms with E-state index in [1.54, 1.807) is 0 Å². The van der Waals surface area contributed by atoms with E-state index in [0.29, 0.717) is 0 Å². The normalized spacial score (nSPS) is 48.5. The van der Waals surface area contributed by atoms with Gasteiger partial charge in [0.1, 0.15) is 0 Å². The number of hydrogen-bond donors (Lipinski definition) is 1. The molecule has 0 aromatic carbocycles. The predicted octanol–water partition coefficient (Wildman–Crippen LogP) is 2.42. The number of hydrogen-bond acceptors (Lipinski definition) is 1. The zero-order valence-corrected chi connectivity index (χ0v) is 8.34. The minimum Gasteiger partial charge on any atom is -0.313 e. The van der Waals surface area contributed by atoms with Gasteiger partial charge < -0.3 is 5.32 Å². The first-order valence-corrected chi connectivity index (χ1v) is 5.52. The maximum atomic E-state index is 3.70. The van der Waals surface area contributed by atoms with Crippen molar-refractivity contribution < 1.29 is 0 Å². The van der Waals surface area contributed by atoms with Crippen LogP contribution in [0.2, 0.25) is 0 Å². The molecule has 70 valence electrons. The second-order valence-corrected chi connectivity index (χ2v) is 4.80. The highest BCUT2D eigenvalue weighted by molar-refractivity contribution is 4.90. The fourth-order valence-corrected chi connectivity index (χ4v) is 3.01. The van der Waals surface area contributed by atoms with Crippen LogP contribution in [0.3, 0.4) is 0 Å². The van der Waals surface area contributed by atoms with E-state index in [1.807, 2.05) is 0 Å². The molecule has 4 atom stereocenters. The van der Waals surface area contributed by atoms with Gasteiger partial charge in [-0.15, -0.1) is 0 Å². The molecule has 0 aromatic rings. The van der Waals surface area contributed by atoms with E-state index in [1.165, 1.54) is 32.2 Å². The van der Waals surface area contributed by atoms with Crippen molar-refractivity contribution in [2.24, 2.45) is 17.8 Å². The monoisotopic (exact) mass is 167 g/mol. The first-order valence-electron chi connectivity index (χ1n) is 5.52. The van der Waals surface area contributed by atoms with Crippen LogP contribution >= 0.6 is 0 Å². The smallest absolute Gasteiger partial charge is 0.0123 e. The van der Waals surface area contributed by atoms with Gasteiger partial charge in [-0.25, -0.2) is 0 Å². The molecule has 0 spiro atoms. The lowest BCUT2D eigenvalue weighted by atomic mass is 9.69. The van der Waals surface area contributed by atoms with Crippen LogP contribution in [0.25, 0.3) is 0 Å². The second-order valence-electron chi connectivity index (χ2n) is 4.80. The van der Waals surface area contributed by atoms with Gasteiger partial charge in [0.25, 0.3) is 0 Å². The molecule has 1 aliphatic carbocycles. The van der Waals surface area contributed by atoms with Crippen molar-refractivity contribution in [1.82, 2.24) is 5.32 Å². The second kappa shape index (κ2) is 3.37. The molecule has 1 saturated heterocycles. The van der Waals surface area contributed by atoms with Gasteiger partial charge in [-0.2, -0.15) is 0 Å². The third-order valence-corrected chi connectivity index (χ3v) is 4.10. The predicted molar refractivity (Wildman–Crippen MR) is 52.1 cm³/mol. The van der Waals surface area contributed by atoms with Gasteiger partial charge >= 0.3 is 0 Å². The fraction of sp³-hybridized carbons (Fsp3) is 1.00. The highest BCUT2D eigenvalue weighted by Gasteiger charge is 2.35. The first kappa shape index (κ1) is 8.55.